The van der Waals surface area contributed by atoms with Crippen molar-refractivity contribution in [1.82, 2.24) is 10.2 Å². The predicted octanol–water partition coefficient (Wildman–Crippen LogP) is 4.45. The largest absolute Gasteiger partial charge is 0.330 e. The van der Waals surface area contributed by atoms with Crippen LogP contribution in [0.5, 0.6) is 0 Å². The summed E-state index contributed by atoms with van der Waals surface area (Å²) >= 11 is 2.75. The second kappa shape index (κ2) is 8.85. The zero-order valence-electron chi connectivity index (χ0n) is 16.6. The Labute approximate surface area is 182 Å². The number of amides is 2. The first kappa shape index (κ1) is 20.4. The van der Waals surface area contributed by atoms with E-state index < -0.39 is 0 Å². The van der Waals surface area contributed by atoms with E-state index in [9.17, 15) is 9.59 Å². The first-order valence-electron chi connectivity index (χ1n) is 9.50. The number of aryl methyl sites for hydroxylation is 1. The third-order valence-electron chi connectivity index (χ3n) is 4.62. The highest BCUT2D eigenvalue weighted by molar-refractivity contribution is 8.01. The molecule has 2 N–H and O–H groups in total. The van der Waals surface area contributed by atoms with Gasteiger partial charge in [-0.2, -0.15) is 0 Å². The summed E-state index contributed by atoms with van der Waals surface area (Å²) in [4.78, 5) is 26.8. The Morgan fingerprint density at radius 1 is 1.27 bits per heavy atom. The van der Waals surface area contributed by atoms with Crippen molar-refractivity contribution in [3.05, 3.63) is 54.1 Å². The molecule has 0 aliphatic carbocycles. The van der Waals surface area contributed by atoms with Crippen molar-refractivity contribution in [3.63, 3.8) is 0 Å². The normalized spacial score (nSPS) is 15.9. The minimum Gasteiger partial charge on any atom is -0.330 e. The summed E-state index contributed by atoms with van der Waals surface area (Å²) in [6.07, 6.45) is 0.258. The molecule has 154 valence electrons. The van der Waals surface area contributed by atoms with Gasteiger partial charge in [-0.3, -0.25) is 9.59 Å². The van der Waals surface area contributed by atoms with E-state index in [1.165, 1.54) is 23.1 Å². The SMILES string of the molecule is Cc1cccc(Nc2nnc(SCC(=O)N3c4ccccc4NC(=O)CC3C)s2)c1. The van der Waals surface area contributed by atoms with Crippen LogP contribution < -0.4 is 15.5 Å². The summed E-state index contributed by atoms with van der Waals surface area (Å²) < 4.78 is 0.712. The Morgan fingerprint density at radius 2 is 2.10 bits per heavy atom. The molecular weight excluding hydrogens is 418 g/mol. The van der Waals surface area contributed by atoms with Gasteiger partial charge in [0, 0.05) is 18.2 Å². The molecule has 1 aromatic heterocycles. The van der Waals surface area contributed by atoms with Crippen molar-refractivity contribution in [2.24, 2.45) is 0 Å². The molecule has 3 aromatic rings. The standard InChI is InChI=1S/C21H21N5O2S2/c1-13-6-5-7-15(10-13)22-20-24-25-21(30-20)29-12-19(28)26-14(2)11-18(27)23-16-8-3-4-9-17(16)26/h3-10,14H,11-12H2,1-2H3,(H,22,24)(H,23,27). The fourth-order valence-corrected chi connectivity index (χ4v) is 4.96. The first-order valence-corrected chi connectivity index (χ1v) is 11.3. The molecule has 1 aliphatic heterocycles. The zero-order valence-corrected chi connectivity index (χ0v) is 18.2. The number of rotatable bonds is 5. The lowest BCUT2D eigenvalue weighted by atomic mass is 10.2. The highest BCUT2D eigenvalue weighted by Gasteiger charge is 2.29. The number of thioether (sulfide) groups is 1. The Hall–Kier alpha value is -2.91. The summed E-state index contributed by atoms with van der Waals surface area (Å²) in [6, 6.07) is 15.2. The van der Waals surface area contributed by atoms with Crippen LogP contribution in [-0.2, 0) is 9.59 Å². The number of fused-ring (bicyclic) bond motifs is 1. The Balaban J connectivity index is 1.43. The topological polar surface area (TPSA) is 87.2 Å². The maximum Gasteiger partial charge on any atom is 0.237 e. The highest BCUT2D eigenvalue weighted by Crippen LogP contribution is 2.33. The quantitative estimate of drug-likeness (QED) is 0.571. The Morgan fingerprint density at radius 3 is 2.93 bits per heavy atom. The van der Waals surface area contributed by atoms with Gasteiger partial charge in [0.15, 0.2) is 4.34 Å². The van der Waals surface area contributed by atoms with E-state index in [1.54, 1.807) is 4.90 Å². The minimum absolute atomic E-state index is 0.0696. The molecule has 1 aliphatic rings. The van der Waals surface area contributed by atoms with Crippen LogP contribution in [0.3, 0.4) is 0 Å². The average Bonchev–Trinajstić information content (AvgIpc) is 3.09. The van der Waals surface area contributed by atoms with Crippen LogP contribution in [0.15, 0.2) is 52.9 Å². The molecule has 2 amide bonds. The molecule has 7 nitrogen and oxygen atoms in total. The molecule has 2 aromatic carbocycles. The van der Waals surface area contributed by atoms with E-state index in [4.69, 9.17) is 0 Å². The lowest BCUT2D eigenvalue weighted by molar-refractivity contribution is -0.117. The Bertz CT molecular complexity index is 1080. The average molecular weight is 440 g/mol. The fourth-order valence-electron chi connectivity index (χ4n) is 3.33. The number of carbonyl (C=O) groups excluding carboxylic acids is 2. The number of benzene rings is 2. The summed E-state index contributed by atoms with van der Waals surface area (Å²) in [5, 5.41) is 15.1. The van der Waals surface area contributed by atoms with Crippen LogP contribution in [0.25, 0.3) is 0 Å². The van der Waals surface area contributed by atoms with E-state index in [0.717, 1.165) is 16.9 Å². The molecule has 0 saturated heterocycles. The third-order valence-corrected chi connectivity index (χ3v) is 6.58. The van der Waals surface area contributed by atoms with E-state index in [-0.39, 0.29) is 30.0 Å². The van der Waals surface area contributed by atoms with Gasteiger partial charge in [0.05, 0.1) is 17.1 Å². The van der Waals surface area contributed by atoms with E-state index in [1.807, 2.05) is 62.4 Å². The zero-order chi connectivity index (χ0) is 21.1. The molecule has 9 heteroatoms. The number of carbonyl (C=O) groups is 2. The van der Waals surface area contributed by atoms with Crippen LogP contribution >= 0.6 is 23.1 Å². The molecule has 30 heavy (non-hydrogen) atoms. The van der Waals surface area contributed by atoms with Gasteiger partial charge < -0.3 is 15.5 Å². The molecular formula is C21H21N5O2S2. The number of aromatic nitrogens is 2. The number of anilines is 4. The van der Waals surface area contributed by atoms with Gasteiger partial charge in [-0.05, 0) is 43.7 Å². The van der Waals surface area contributed by atoms with E-state index >= 15 is 0 Å². The summed E-state index contributed by atoms with van der Waals surface area (Å²) in [7, 11) is 0. The van der Waals surface area contributed by atoms with Crippen molar-refractivity contribution in [2.45, 2.75) is 30.6 Å². The highest BCUT2D eigenvalue weighted by atomic mass is 32.2. The van der Waals surface area contributed by atoms with Crippen molar-refractivity contribution in [3.8, 4) is 0 Å². The molecule has 0 radical (unpaired) electrons. The van der Waals surface area contributed by atoms with Crippen LogP contribution in [-0.4, -0.2) is 33.8 Å². The van der Waals surface area contributed by atoms with Crippen molar-refractivity contribution < 1.29 is 9.59 Å². The summed E-state index contributed by atoms with van der Waals surface area (Å²) in [5.41, 5.74) is 3.49. The van der Waals surface area contributed by atoms with Crippen molar-refractivity contribution in [2.75, 3.05) is 21.3 Å². The first-order chi connectivity index (χ1) is 14.5. The fraction of sp³-hybridized carbons (Fsp3) is 0.238. The molecule has 1 atom stereocenters. The molecule has 1 unspecified atom stereocenters. The van der Waals surface area contributed by atoms with Crippen molar-refractivity contribution in [1.29, 1.82) is 0 Å². The molecule has 0 bridgehead atoms. The van der Waals surface area contributed by atoms with E-state index in [2.05, 4.69) is 20.8 Å². The van der Waals surface area contributed by atoms with Crippen LogP contribution in [0.4, 0.5) is 22.2 Å². The second-order valence-corrected chi connectivity index (χ2v) is 9.24. The van der Waals surface area contributed by atoms with Crippen LogP contribution in [0, 0.1) is 6.92 Å². The summed E-state index contributed by atoms with van der Waals surface area (Å²) in [5.74, 6) is 0.0557. The van der Waals surface area contributed by atoms with Gasteiger partial charge in [-0.25, -0.2) is 0 Å². The lowest BCUT2D eigenvalue weighted by Gasteiger charge is -2.27. The van der Waals surface area contributed by atoms with Gasteiger partial charge in [-0.1, -0.05) is 47.4 Å². The second-order valence-electron chi connectivity index (χ2n) is 7.04. The minimum atomic E-state index is -0.227. The number of hydrogen-bond acceptors (Lipinski definition) is 7. The number of nitrogens with one attached hydrogen (secondary N) is 2. The number of hydrogen-bond donors (Lipinski definition) is 2. The maximum absolute atomic E-state index is 13.0. The number of nitrogens with zero attached hydrogens (tertiary/aromatic N) is 3. The van der Waals surface area contributed by atoms with Crippen LogP contribution in [0.2, 0.25) is 0 Å². The summed E-state index contributed by atoms with van der Waals surface area (Å²) in [6.45, 7) is 3.92. The Kier molecular flexibility index (Phi) is 6.01. The molecule has 0 spiro atoms. The molecule has 0 saturated carbocycles. The molecule has 4 rings (SSSR count). The predicted molar refractivity (Wildman–Crippen MR) is 122 cm³/mol. The monoisotopic (exact) mass is 439 g/mol. The van der Waals surface area contributed by atoms with Gasteiger partial charge in [0.1, 0.15) is 0 Å². The van der Waals surface area contributed by atoms with Gasteiger partial charge >= 0.3 is 0 Å². The molecule has 2 heterocycles. The van der Waals surface area contributed by atoms with E-state index in [0.29, 0.717) is 15.2 Å². The van der Waals surface area contributed by atoms with Gasteiger partial charge in [-0.15, -0.1) is 10.2 Å². The van der Waals surface area contributed by atoms with Gasteiger partial charge in [0.25, 0.3) is 0 Å². The van der Waals surface area contributed by atoms with Crippen LogP contribution in [0.1, 0.15) is 18.9 Å². The third kappa shape index (κ3) is 4.63. The lowest BCUT2D eigenvalue weighted by Crippen LogP contribution is -2.40. The maximum atomic E-state index is 13.0. The van der Waals surface area contributed by atoms with Gasteiger partial charge in [0.2, 0.25) is 16.9 Å². The molecule has 0 fully saturated rings. The smallest absolute Gasteiger partial charge is 0.237 e. The number of para-hydroxylation sites is 2. The van der Waals surface area contributed by atoms with Crippen molar-refractivity contribution >= 4 is 57.1 Å².